The zero-order valence-corrected chi connectivity index (χ0v) is 16.5. The minimum Gasteiger partial charge on any atom is -0.489 e. The smallest absolute Gasteiger partial charge is 0.322 e. The highest BCUT2D eigenvalue weighted by Gasteiger charge is 2.27. The van der Waals surface area contributed by atoms with Crippen molar-refractivity contribution >= 4 is 27.6 Å². The number of anilines is 1. The van der Waals surface area contributed by atoms with Crippen LogP contribution in [-0.4, -0.2) is 48.2 Å². The van der Waals surface area contributed by atoms with Gasteiger partial charge >= 0.3 is 6.03 Å². The van der Waals surface area contributed by atoms with Crippen molar-refractivity contribution in [2.24, 2.45) is 0 Å². The Bertz CT molecular complexity index is 784. The normalized spacial score (nSPS) is 17.0. The number of hydrogen-bond acceptors (Lipinski definition) is 4. The maximum Gasteiger partial charge on any atom is 0.322 e. The number of rotatable bonds is 4. The lowest BCUT2D eigenvalue weighted by Gasteiger charge is -2.36. The van der Waals surface area contributed by atoms with Crippen LogP contribution in [0.25, 0.3) is 0 Å². The number of amides is 2. The second kappa shape index (κ2) is 8.51. The van der Waals surface area contributed by atoms with Crippen molar-refractivity contribution in [1.82, 2.24) is 15.2 Å². The highest BCUT2D eigenvalue weighted by molar-refractivity contribution is 9.10. The van der Waals surface area contributed by atoms with Gasteiger partial charge < -0.3 is 20.3 Å². The van der Waals surface area contributed by atoms with Crippen LogP contribution in [0.3, 0.4) is 0 Å². The van der Waals surface area contributed by atoms with E-state index in [1.54, 1.807) is 6.20 Å². The molecule has 0 radical (unpaired) electrons. The van der Waals surface area contributed by atoms with Crippen molar-refractivity contribution in [3.05, 3.63) is 52.3 Å². The Morgan fingerprint density at radius 3 is 3.04 bits per heavy atom. The molecule has 2 N–H and O–H groups in total. The van der Waals surface area contributed by atoms with E-state index in [9.17, 15) is 4.79 Å². The summed E-state index contributed by atoms with van der Waals surface area (Å²) in [4.78, 5) is 18.8. The number of nitrogens with zero attached hydrogens (tertiary/aromatic N) is 2. The lowest BCUT2D eigenvalue weighted by atomic mass is 10.2. The summed E-state index contributed by atoms with van der Waals surface area (Å²) in [5.74, 6) is 0.752. The number of carbonyl (C=O) groups is 1. The molecule has 0 saturated carbocycles. The van der Waals surface area contributed by atoms with Crippen LogP contribution < -0.4 is 15.4 Å². The fourth-order valence-electron chi connectivity index (χ4n) is 2.90. The quantitative estimate of drug-likeness (QED) is 0.798. The number of urea groups is 1. The van der Waals surface area contributed by atoms with Gasteiger partial charge in [0.05, 0.1) is 11.7 Å². The predicted molar refractivity (Wildman–Crippen MR) is 106 cm³/mol. The van der Waals surface area contributed by atoms with Gasteiger partial charge in [0.25, 0.3) is 0 Å². The average molecular weight is 419 g/mol. The SMILES string of the molecule is Cc1cc(NC(=O)N2CCNCC2COc2cccnc2C)ccc1Br. The molecule has 1 aliphatic heterocycles. The Balaban J connectivity index is 1.64. The van der Waals surface area contributed by atoms with Crippen molar-refractivity contribution in [2.45, 2.75) is 19.9 Å². The molecule has 1 unspecified atom stereocenters. The molecule has 1 saturated heterocycles. The van der Waals surface area contributed by atoms with Gasteiger partial charge in [-0.05, 0) is 49.7 Å². The number of aromatic nitrogens is 1. The maximum atomic E-state index is 12.8. The van der Waals surface area contributed by atoms with Crippen LogP contribution in [0.4, 0.5) is 10.5 Å². The number of hydrogen-bond donors (Lipinski definition) is 2. The molecule has 0 spiro atoms. The van der Waals surface area contributed by atoms with Crippen molar-refractivity contribution in [1.29, 1.82) is 0 Å². The van der Waals surface area contributed by atoms with Crippen LogP contribution >= 0.6 is 15.9 Å². The van der Waals surface area contributed by atoms with Gasteiger partial charge in [0.2, 0.25) is 0 Å². The van der Waals surface area contributed by atoms with Gasteiger partial charge in [-0.1, -0.05) is 15.9 Å². The van der Waals surface area contributed by atoms with Crippen LogP contribution in [0.1, 0.15) is 11.3 Å². The largest absolute Gasteiger partial charge is 0.489 e. The van der Waals surface area contributed by atoms with E-state index >= 15 is 0 Å². The topological polar surface area (TPSA) is 66.5 Å². The molecule has 1 aromatic heterocycles. The van der Waals surface area contributed by atoms with Crippen LogP contribution in [0.15, 0.2) is 41.0 Å². The second-order valence-corrected chi connectivity index (χ2v) is 7.20. The third-order valence-corrected chi connectivity index (χ3v) is 5.30. The molecule has 1 aromatic carbocycles. The number of benzene rings is 1. The maximum absolute atomic E-state index is 12.8. The number of ether oxygens (including phenoxy) is 1. The first kappa shape index (κ1) is 18.7. The van der Waals surface area contributed by atoms with Crippen molar-refractivity contribution in [3.63, 3.8) is 0 Å². The molecule has 0 aliphatic carbocycles. The van der Waals surface area contributed by atoms with E-state index in [2.05, 4.69) is 31.5 Å². The molecule has 2 heterocycles. The molecule has 1 aliphatic rings. The number of carbonyl (C=O) groups excluding carboxylic acids is 1. The first-order valence-electron chi connectivity index (χ1n) is 8.63. The molecule has 7 heteroatoms. The summed E-state index contributed by atoms with van der Waals surface area (Å²) >= 11 is 3.48. The molecule has 2 amide bonds. The molecule has 0 bridgehead atoms. The zero-order chi connectivity index (χ0) is 18.5. The van der Waals surface area contributed by atoms with Gasteiger partial charge in [-0.25, -0.2) is 4.79 Å². The average Bonchev–Trinajstić information content (AvgIpc) is 2.64. The van der Waals surface area contributed by atoms with E-state index in [-0.39, 0.29) is 12.1 Å². The third kappa shape index (κ3) is 4.53. The molecule has 3 rings (SSSR count). The van der Waals surface area contributed by atoms with E-state index in [0.717, 1.165) is 33.7 Å². The zero-order valence-electron chi connectivity index (χ0n) is 15.0. The Hall–Kier alpha value is -2.12. The summed E-state index contributed by atoms with van der Waals surface area (Å²) in [5.41, 5.74) is 2.71. The van der Waals surface area contributed by atoms with Crippen LogP contribution in [0.5, 0.6) is 5.75 Å². The van der Waals surface area contributed by atoms with Crippen molar-refractivity contribution < 1.29 is 9.53 Å². The van der Waals surface area contributed by atoms with Gasteiger partial charge in [-0.3, -0.25) is 4.98 Å². The lowest BCUT2D eigenvalue weighted by molar-refractivity contribution is 0.132. The Morgan fingerprint density at radius 1 is 1.42 bits per heavy atom. The summed E-state index contributed by atoms with van der Waals surface area (Å²) in [6.07, 6.45) is 1.74. The Morgan fingerprint density at radius 2 is 2.27 bits per heavy atom. The van der Waals surface area contributed by atoms with Crippen molar-refractivity contribution in [2.75, 3.05) is 31.6 Å². The lowest BCUT2D eigenvalue weighted by Crippen LogP contribution is -2.57. The van der Waals surface area contributed by atoms with Crippen LogP contribution in [-0.2, 0) is 0 Å². The van der Waals surface area contributed by atoms with E-state index in [1.165, 1.54) is 0 Å². The minimum absolute atomic E-state index is 0.0418. The molecular formula is C19H23BrN4O2. The molecule has 1 fully saturated rings. The monoisotopic (exact) mass is 418 g/mol. The molecule has 138 valence electrons. The van der Waals surface area contributed by atoms with Crippen LogP contribution in [0.2, 0.25) is 0 Å². The Kier molecular flexibility index (Phi) is 6.11. The van der Waals surface area contributed by atoms with Gasteiger partial charge in [0, 0.05) is 36.0 Å². The predicted octanol–water partition coefficient (Wildman–Crippen LogP) is 3.35. The number of nitrogens with one attached hydrogen (secondary N) is 2. The van der Waals surface area contributed by atoms with Gasteiger partial charge in [0.1, 0.15) is 12.4 Å². The third-order valence-electron chi connectivity index (χ3n) is 4.41. The van der Waals surface area contributed by atoms with E-state index < -0.39 is 0 Å². The number of piperazine rings is 1. The molecular weight excluding hydrogens is 396 g/mol. The first-order valence-corrected chi connectivity index (χ1v) is 9.43. The summed E-state index contributed by atoms with van der Waals surface area (Å²) < 4.78 is 6.94. The fraction of sp³-hybridized carbons (Fsp3) is 0.368. The molecule has 6 nitrogen and oxygen atoms in total. The number of aryl methyl sites for hydroxylation is 2. The molecule has 26 heavy (non-hydrogen) atoms. The number of pyridine rings is 1. The van der Waals surface area contributed by atoms with E-state index in [4.69, 9.17) is 4.74 Å². The van der Waals surface area contributed by atoms with E-state index in [0.29, 0.717) is 19.7 Å². The number of halogens is 1. The standard InChI is InChI=1S/C19H23BrN4O2/c1-13-10-15(5-6-17(13)20)23-19(25)24-9-8-21-11-16(24)12-26-18-4-3-7-22-14(18)2/h3-7,10,16,21H,8-9,11-12H2,1-2H3,(H,23,25). The van der Waals surface area contributed by atoms with Gasteiger partial charge in [-0.2, -0.15) is 0 Å². The summed E-state index contributed by atoms with van der Waals surface area (Å²) in [6.45, 7) is 6.45. The second-order valence-electron chi connectivity index (χ2n) is 6.34. The first-order chi connectivity index (χ1) is 12.5. The van der Waals surface area contributed by atoms with Gasteiger partial charge in [0.15, 0.2) is 0 Å². The molecule has 2 aromatic rings. The van der Waals surface area contributed by atoms with Crippen LogP contribution in [0, 0.1) is 13.8 Å². The summed E-state index contributed by atoms with van der Waals surface area (Å²) in [5, 5.41) is 6.32. The summed E-state index contributed by atoms with van der Waals surface area (Å²) in [7, 11) is 0. The van der Waals surface area contributed by atoms with Crippen molar-refractivity contribution in [3.8, 4) is 5.75 Å². The Labute approximate surface area is 162 Å². The minimum atomic E-state index is -0.107. The highest BCUT2D eigenvalue weighted by atomic mass is 79.9. The fourth-order valence-corrected chi connectivity index (χ4v) is 3.15. The summed E-state index contributed by atoms with van der Waals surface area (Å²) in [6, 6.07) is 9.38. The van der Waals surface area contributed by atoms with Gasteiger partial charge in [-0.15, -0.1) is 0 Å². The molecule has 1 atom stereocenters. The van der Waals surface area contributed by atoms with E-state index in [1.807, 2.05) is 49.1 Å². The highest BCUT2D eigenvalue weighted by Crippen LogP contribution is 2.21.